The van der Waals surface area contributed by atoms with E-state index in [9.17, 15) is 14.4 Å². The summed E-state index contributed by atoms with van der Waals surface area (Å²) in [7, 11) is 1.88. The van der Waals surface area contributed by atoms with E-state index in [0.717, 1.165) is 38.5 Å². The van der Waals surface area contributed by atoms with Crippen molar-refractivity contribution in [3.63, 3.8) is 0 Å². The first-order valence-electron chi connectivity index (χ1n) is 11.5. The first-order chi connectivity index (χ1) is 15.0. The predicted molar refractivity (Wildman–Crippen MR) is 122 cm³/mol. The molecule has 0 aliphatic heterocycles. The van der Waals surface area contributed by atoms with Gasteiger partial charge >= 0.3 is 5.97 Å². The Bertz CT molecular complexity index is 758. The van der Waals surface area contributed by atoms with Crippen LogP contribution in [0.25, 0.3) is 0 Å². The highest BCUT2D eigenvalue weighted by atomic mass is 32.2. The summed E-state index contributed by atoms with van der Waals surface area (Å²) in [6.07, 6.45) is 11.2. The number of hydrogen-bond donors (Lipinski definition) is 1. The van der Waals surface area contributed by atoms with Gasteiger partial charge in [0.15, 0.2) is 6.61 Å². The van der Waals surface area contributed by atoms with E-state index in [2.05, 4.69) is 5.32 Å². The molecular weight excluding hydrogens is 412 g/mol. The Balaban J connectivity index is 1.48. The SMILES string of the molecule is CN(C(=O)CSc1ccccc1C(=O)OCC(=O)NC1CCCCC1)C1CCCCC1. The average Bonchev–Trinajstić information content (AvgIpc) is 2.82. The average molecular weight is 447 g/mol. The second-order valence-electron chi connectivity index (χ2n) is 8.56. The smallest absolute Gasteiger partial charge is 0.339 e. The number of esters is 1. The molecule has 1 aromatic carbocycles. The molecule has 31 heavy (non-hydrogen) atoms. The van der Waals surface area contributed by atoms with Crippen LogP contribution < -0.4 is 5.32 Å². The molecule has 2 aliphatic rings. The van der Waals surface area contributed by atoms with Crippen molar-refractivity contribution in [3.8, 4) is 0 Å². The van der Waals surface area contributed by atoms with E-state index in [4.69, 9.17) is 4.74 Å². The van der Waals surface area contributed by atoms with Crippen LogP contribution in [0.4, 0.5) is 0 Å². The van der Waals surface area contributed by atoms with Gasteiger partial charge in [0.05, 0.1) is 11.3 Å². The molecule has 170 valence electrons. The minimum Gasteiger partial charge on any atom is -0.452 e. The topological polar surface area (TPSA) is 75.7 Å². The monoisotopic (exact) mass is 446 g/mol. The van der Waals surface area contributed by atoms with Crippen molar-refractivity contribution in [3.05, 3.63) is 29.8 Å². The quantitative estimate of drug-likeness (QED) is 0.479. The Labute approximate surface area is 189 Å². The minimum absolute atomic E-state index is 0.0759. The second-order valence-corrected chi connectivity index (χ2v) is 9.58. The molecule has 0 bridgehead atoms. The van der Waals surface area contributed by atoms with Gasteiger partial charge in [-0.3, -0.25) is 9.59 Å². The number of ether oxygens (including phenoxy) is 1. The van der Waals surface area contributed by atoms with Gasteiger partial charge in [-0.25, -0.2) is 4.79 Å². The van der Waals surface area contributed by atoms with Crippen LogP contribution in [0.15, 0.2) is 29.2 Å². The lowest BCUT2D eigenvalue weighted by molar-refractivity contribution is -0.129. The van der Waals surface area contributed by atoms with E-state index in [1.54, 1.807) is 12.1 Å². The fourth-order valence-electron chi connectivity index (χ4n) is 4.40. The maximum atomic E-state index is 12.6. The summed E-state index contributed by atoms with van der Waals surface area (Å²) in [5.74, 6) is -0.434. The van der Waals surface area contributed by atoms with E-state index in [1.165, 1.54) is 37.4 Å². The lowest BCUT2D eigenvalue weighted by Gasteiger charge is -2.31. The zero-order valence-electron chi connectivity index (χ0n) is 18.4. The molecule has 2 fully saturated rings. The zero-order chi connectivity index (χ0) is 22.1. The molecule has 7 heteroatoms. The number of nitrogens with one attached hydrogen (secondary N) is 1. The lowest BCUT2D eigenvalue weighted by atomic mass is 9.94. The summed E-state index contributed by atoms with van der Waals surface area (Å²) >= 11 is 1.35. The second kappa shape index (κ2) is 12.1. The molecule has 0 aromatic heterocycles. The number of carbonyl (C=O) groups excluding carboxylic acids is 3. The molecule has 1 aromatic rings. The molecule has 0 heterocycles. The van der Waals surface area contributed by atoms with Crippen LogP contribution >= 0.6 is 11.8 Å². The van der Waals surface area contributed by atoms with Gasteiger partial charge in [0.2, 0.25) is 5.91 Å². The minimum atomic E-state index is -0.532. The molecule has 0 spiro atoms. The Morgan fingerprint density at radius 1 is 1.00 bits per heavy atom. The van der Waals surface area contributed by atoms with Crippen molar-refractivity contribution in [1.29, 1.82) is 0 Å². The maximum absolute atomic E-state index is 12.6. The Morgan fingerprint density at radius 3 is 2.35 bits per heavy atom. The number of amides is 2. The van der Waals surface area contributed by atoms with Crippen LogP contribution in [0.3, 0.4) is 0 Å². The molecule has 2 saturated carbocycles. The third-order valence-electron chi connectivity index (χ3n) is 6.28. The number of benzene rings is 1. The van der Waals surface area contributed by atoms with Gasteiger partial charge in [-0.1, -0.05) is 50.7 Å². The largest absolute Gasteiger partial charge is 0.452 e. The molecule has 0 radical (unpaired) electrons. The Morgan fingerprint density at radius 2 is 1.65 bits per heavy atom. The lowest BCUT2D eigenvalue weighted by Crippen LogP contribution is -2.39. The molecule has 0 unspecified atom stereocenters. The molecule has 0 atom stereocenters. The van der Waals surface area contributed by atoms with E-state index >= 15 is 0 Å². The van der Waals surface area contributed by atoms with Crippen LogP contribution in [-0.4, -0.2) is 54.2 Å². The number of nitrogens with zero attached hydrogens (tertiary/aromatic N) is 1. The van der Waals surface area contributed by atoms with Gasteiger partial charge < -0.3 is 15.0 Å². The summed E-state index contributed by atoms with van der Waals surface area (Å²) in [5.41, 5.74) is 0.395. The molecular formula is C24H34N2O4S. The molecule has 0 saturated heterocycles. The maximum Gasteiger partial charge on any atom is 0.339 e. The Hall–Kier alpha value is -2.02. The molecule has 6 nitrogen and oxygen atoms in total. The van der Waals surface area contributed by atoms with Crippen LogP contribution in [0, 0.1) is 0 Å². The van der Waals surface area contributed by atoms with Gasteiger partial charge in [0.25, 0.3) is 5.91 Å². The third-order valence-corrected chi connectivity index (χ3v) is 7.34. The number of carbonyl (C=O) groups is 3. The van der Waals surface area contributed by atoms with Crippen molar-refractivity contribution in [2.45, 2.75) is 81.2 Å². The van der Waals surface area contributed by atoms with Crippen molar-refractivity contribution in [2.75, 3.05) is 19.4 Å². The summed E-state index contributed by atoms with van der Waals surface area (Å²) in [6.45, 7) is -0.280. The van der Waals surface area contributed by atoms with Crippen LogP contribution in [-0.2, 0) is 14.3 Å². The van der Waals surface area contributed by atoms with Crippen molar-refractivity contribution in [2.24, 2.45) is 0 Å². The predicted octanol–water partition coefficient (Wildman–Crippen LogP) is 4.18. The van der Waals surface area contributed by atoms with Crippen LogP contribution in [0.1, 0.15) is 74.6 Å². The number of rotatable bonds is 8. The molecule has 3 rings (SSSR count). The molecule has 2 aliphatic carbocycles. The van der Waals surface area contributed by atoms with Crippen LogP contribution in [0.2, 0.25) is 0 Å². The van der Waals surface area contributed by atoms with Gasteiger partial charge in [-0.15, -0.1) is 11.8 Å². The van der Waals surface area contributed by atoms with Gasteiger partial charge in [-0.2, -0.15) is 0 Å². The Kier molecular flexibility index (Phi) is 9.25. The third kappa shape index (κ3) is 7.27. The van der Waals surface area contributed by atoms with E-state index < -0.39 is 5.97 Å². The van der Waals surface area contributed by atoms with E-state index in [-0.39, 0.29) is 30.2 Å². The summed E-state index contributed by atoms with van der Waals surface area (Å²) in [4.78, 5) is 39.9. The summed E-state index contributed by atoms with van der Waals surface area (Å²) in [6, 6.07) is 7.61. The standard InChI is InChI=1S/C24H34N2O4S/c1-26(19-12-6-3-7-13-19)23(28)17-31-21-15-9-8-14-20(21)24(29)30-16-22(27)25-18-10-4-2-5-11-18/h8-9,14-15,18-19H,2-7,10-13,16-17H2,1H3,(H,25,27). The fourth-order valence-corrected chi connectivity index (χ4v) is 5.36. The highest BCUT2D eigenvalue weighted by molar-refractivity contribution is 8.00. The van der Waals surface area contributed by atoms with Gasteiger partial charge in [0.1, 0.15) is 0 Å². The number of hydrogen-bond acceptors (Lipinski definition) is 5. The van der Waals surface area contributed by atoms with Gasteiger partial charge in [0, 0.05) is 24.0 Å². The first-order valence-corrected chi connectivity index (χ1v) is 12.5. The fraction of sp³-hybridized carbons (Fsp3) is 0.625. The highest BCUT2D eigenvalue weighted by Gasteiger charge is 2.23. The normalized spacial score (nSPS) is 17.7. The van der Waals surface area contributed by atoms with Crippen molar-refractivity contribution < 1.29 is 19.1 Å². The molecule has 1 N–H and O–H groups in total. The van der Waals surface area contributed by atoms with Gasteiger partial charge in [-0.05, 0) is 37.8 Å². The summed E-state index contributed by atoms with van der Waals surface area (Å²) < 4.78 is 5.26. The highest BCUT2D eigenvalue weighted by Crippen LogP contribution is 2.26. The number of thioether (sulfide) groups is 1. The first kappa shape index (κ1) is 23.6. The summed E-state index contributed by atoms with van der Waals surface area (Å²) in [5, 5.41) is 2.95. The van der Waals surface area contributed by atoms with Crippen LogP contribution in [0.5, 0.6) is 0 Å². The van der Waals surface area contributed by atoms with E-state index in [0.29, 0.717) is 16.5 Å². The van der Waals surface area contributed by atoms with E-state index in [1.807, 2.05) is 24.1 Å². The van der Waals surface area contributed by atoms with Crippen molar-refractivity contribution in [1.82, 2.24) is 10.2 Å². The van der Waals surface area contributed by atoms with Crippen molar-refractivity contribution >= 4 is 29.5 Å². The molecule has 2 amide bonds. The zero-order valence-corrected chi connectivity index (χ0v) is 19.3.